The van der Waals surface area contributed by atoms with Crippen molar-refractivity contribution in [3.05, 3.63) is 23.5 Å². The smallest absolute Gasteiger partial charge is 0.178 e. The lowest BCUT2D eigenvalue weighted by Gasteiger charge is -1.81. The molecular formula is C7H5BrN2OS. The number of halogens is 1. The highest BCUT2D eigenvalue weighted by molar-refractivity contribution is 9.08. The van der Waals surface area contributed by atoms with Gasteiger partial charge in [0.2, 0.25) is 0 Å². The molecule has 0 aliphatic carbocycles. The summed E-state index contributed by atoms with van der Waals surface area (Å²) in [6.07, 6.45) is 1.77. The molecule has 0 saturated heterocycles. The Balaban J connectivity index is 2.35. The number of thiazole rings is 1. The van der Waals surface area contributed by atoms with Gasteiger partial charge in [-0.15, -0.1) is 11.3 Å². The molecule has 0 aliphatic heterocycles. The van der Waals surface area contributed by atoms with E-state index in [9.17, 15) is 0 Å². The van der Waals surface area contributed by atoms with Crippen molar-refractivity contribution in [1.82, 2.24) is 10.1 Å². The highest BCUT2D eigenvalue weighted by Gasteiger charge is 2.06. The third kappa shape index (κ3) is 1.42. The van der Waals surface area contributed by atoms with Crippen molar-refractivity contribution in [2.24, 2.45) is 0 Å². The lowest BCUT2D eigenvalue weighted by Crippen LogP contribution is -1.70. The molecule has 0 fully saturated rings. The summed E-state index contributed by atoms with van der Waals surface area (Å²) >= 11 is 4.84. The Morgan fingerprint density at radius 2 is 2.50 bits per heavy atom. The van der Waals surface area contributed by atoms with E-state index in [1.807, 2.05) is 6.07 Å². The fourth-order valence-corrected chi connectivity index (χ4v) is 1.66. The fraction of sp³-hybridized carbons (Fsp3) is 0.143. The van der Waals surface area contributed by atoms with Crippen LogP contribution >= 0.6 is 27.3 Å². The zero-order valence-corrected chi connectivity index (χ0v) is 8.43. The van der Waals surface area contributed by atoms with E-state index >= 15 is 0 Å². The molecule has 3 nitrogen and oxygen atoms in total. The second-order valence-electron chi connectivity index (χ2n) is 2.18. The summed E-state index contributed by atoms with van der Waals surface area (Å²) in [5.74, 6) is 0.784. The van der Waals surface area contributed by atoms with Crippen molar-refractivity contribution in [2.45, 2.75) is 5.33 Å². The Labute approximate surface area is 81.5 Å². The summed E-state index contributed by atoms with van der Waals surface area (Å²) in [5.41, 5.74) is 2.67. The van der Waals surface area contributed by atoms with Gasteiger partial charge < -0.3 is 4.52 Å². The van der Waals surface area contributed by atoms with E-state index in [0.717, 1.165) is 21.7 Å². The number of hydrogen-bond acceptors (Lipinski definition) is 4. The van der Waals surface area contributed by atoms with Crippen LogP contribution < -0.4 is 0 Å². The molecule has 12 heavy (non-hydrogen) atoms. The molecule has 0 amide bonds. The van der Waals surface area contributed by atoms with Crippen LogP contribution in [0.1, 0.15) is 5.69 Å². The Morgan fingerprint density at radius 1 is 1.58 bits per heavy atom. The lowest BCUT2D eigenvalue weighted by atomic mass is 10.3. The van der Waals surface area contributed by atoms with Crippen LogP contribution in [0.4, 0.5) is 0 Å². The molecule has 0 aliphatic rings. The summed E-state index contributed by atoms with van der Waals surface area (Å²) in [5, 5.41) is 4.57. The van der Waals surface area contributed by atoms with Crippen LogP contribution in [0.15, 0.2) is 22.3 Å². The zero-order chi connectivity index (χ0) is 8.39. The van der Waals surface area contributed by atoms with Crippen molar-refractivity contribution in [2.75, 3.05) is 0 Å². The summed E-state index contributed by atoms with van der Waals surface area (Å²) in [6, 6.07) is 1.91. The molecule has 0 aromatic carbocycles. The van der Waals surface area contributed by atoms with E-state index in [4.69, 9.17) is 4.52 Å². The van der Waals surface area contributed by atoms with Gasteiger partial charge in [0, 0.05) is 17.6 Å². The van der Waals surface area contributed by atoms with Crippen molar-refractivity contribution in [1.29, 1.82) is 0 Å². The van der Waals surface area contributed by atoms with Crippen molar-refractivity contribution >= 4 is 27.3 Å². The number of alkyl halides is 1. The molecule has 0 radical (unpaired) electrons. The Kier molecular flexibility index (Phi) is 2.23. The van der Waals surface area contributed by atoms with Crippen LogP contribution in [0.25, 0.3) is 10.6 Å². The largest absolute Gasteiger partial charge is 0.355 e. The molecule has 5 heteroatoms. The summed E-state index contributed by atoms with van der Waals surface area (Å²) < 4.78 is 5.09. The first-order valence-electron chi connectivity index (χ1n) is 3.30. The molecule has 2 heterocycles. The average molecular weight is 245 g/mol. The maximum atomic E-state index is 5.09. The van der Waals surface area contributed by atoms with E-state index in [-0.39, 0.29) is 0 Å². The van der Waals surface area contributed by atoms with Crippen LogP contribution in [0.5, 0.6) is 0 Å². The maximum Gasteiger partial charge on any atom is 0.178 e. The van der Waals surface area contributed by atoms with Gasteiger partial charge in [0.15, 0.2) is 5.76 Å². The molecule has 62 valence electrons. The first kappa shape index (κ1) is 7.94. The normalized spacial score (nSPS) is 10.4. The third-order valence-electron chi connectivity index (χ3n) is 1.37. The summed E-state index contributed by atoms with van der Waals surface area (Å²) in [7, 11) is 0. The van der Waals surface area contributed by atoms with E-state index in [0.29, 0.717) is 0 Å². The Bertz CT molecular complexity index is 357. The van der Waals surface area contributed by atoms with Gasteiger partial charge in [0.05, 0.1) is 16.1 Å². The molecule has 0 unspecified atom stereocenters. The third-order valence-corrected chi connectivity index (χ3v) is 2.73. The van der Waals surface area contributed by atoms with Crippen molar-refractivity contribution in [3.63, 3.8) is 0 Å². The Morgan fingerprint density at radius 3 is 3.08 bits per heavy atom. The topological polar surface area (TPSA) is 38.9 Å². The fourth-order valence-electron chi connectivity index (χ4n) is 0.828. The van der Waals surface area contributed by atoms with E-state index in [1.165, 1.54) is 11.3 Å². The minimum Gasteiger partial charge on any atom is -0.355 e. The first-order valence-corrected chi connectivity index (χ1v) is 5.30. The van der Waals surface area contributed by atoms with E-state index in [2.05, 4.69) is 26.1 Å². The standard InChI is InChI=1S/C7H5BrN2OS/c8-2-5-1-6(11-10-5)7-3-9-4-12-7/h1,3-4H,2H2. The van der Waals surface area contributed by atoms with Crippen molar-refractivity contribution < 1.29 is 4.52 Å². The zero-order valence-electron chi connectivity index (χ0n) is 6.03. The molecular weight excluding hydrogens is 240 g/mol. The summed E-state index contributed by atoms with van der Waals surface area (Å²) in [4.78, 5) is 4.96. The lowest BCUT2D eigenvalue weighted by molar-refractivity contribution is 0.427. The molecule has 2 rings (SSSR count). The number of rotatable bonds is 2. The van der Waals surface area contributed by atoms with Crippen molar-refractivity contribution in [3.8, 4) is 10.6 Å². The van der Waals surface area contributed by atoms with Gasteiger partial charge >= 0.3 is 0 Å². The predicted octanol–water partition coefficient (Wildman–Crippen LogP) is 2.69. The van der Waals surface area contributed by atoms with Gasteiger partial charge in [-0.2, -0.15) is 0 Å². The molecule has 0 bridgehead atoms. The minimum absolute atomic E-state index is 0.718. The monoisotopic (exact) mass is 244 g/mol. The highest BCUT2D eigenvalue weighted by atomic mass is 79.9. The van der Waals surface area contributed by atoms with Crippen LogP contribution in [0, 0.1) is 0 Å². The Hall–Kier alpha value is -0.680. The second-order valence-corrected chi connectivity index (χ2v) is 3.63. The van der Waals surface area contributed by atoms with Crippen LogP contribution in [-0.4, -0.2) is 10.1 Å². The second kappa shape index (κ2) is 3.37. The molecule has 0 saturated carbocycles. The SMILES string of the molecule is BrCc1cc(-c2cncs2)on1. The van der Waals surface area contributed by atoms with E-state index < -0.39 is 0 Å². The number of hydrogen-bond donors (Lipinski definition) is 0. The van der Waals surface area contributed by atoms with Gasteiger partial charge in [0.1, 0.15) is 0 Å². The summed E-state index contributed by atoms with van der Waals surface area (Å²) in [6.45, 7) is 0. The van der Waals surface area contributed by atoms with Gasteiger partial charge in [-0.05, 0) is 0 Å². The first-order chi connectivity index (χ1) is 5.90. The van der Waals surface area contributed by atoms with Gasteiger partial charge in [-0.25, -0.2) is 0 Å². The quantitative estimate of drug-likeness (QED) is 0.763. The van der Waals surface area contributed by atoms with Gasteiger partial charge in [-0.3, -0.25) is 4.98 Å². The average Bonchev–Trinajstić information content (AvgIpc) is 2.75. The molecule has 0 atom stereocenters. The molecule has 0 spiro atoms. The molecule has 2 aromatic heterocycles. The molecule has 2 aromatic rings. The maximum absolute atomic E-state index is 5.09. The minimum atomic E-state index is 0.718. The van der Waals surface area contributed by atoms with Crippen LogP contribution in [0.3, 0.4) is 0 Å². The van der Waals surface area contributed by atoms with Gasteiger partial charge in [-0.1, -0.05) is 21.1 Å². The number of nitrogens with zero attached hydrogens (tertiary/aromatic N) is 2. The van der Waals surface area contributed by atoms with Gasteiger partial charge in [0.25, 0.3) is 0 Å². The van der Waals surface area contributed by atoms with Crippen LogP contribution in [0.2, 0.25) is 0 Å². The van der Waals surface area contributed by atoms with E-state index in [1.54, 1.807) is 11.7 Å². The molecule has 0 N–H and O–H groups in total. The number of aromatic nitrogens is 2. The highest BCUT2D eigenvalue weighted by Crippen LogP contribution is 2.24. The van der Waals surface area contributed by atoms with Crippen LogP contribution in [-0.2, 0) is 5.33 Å². The predicted molar refractivity (Wildman–Crippen MR) is 50.2 cm³/mol.